The maximum atomic E-state index is 12.8. The Kier molecular flexibility index (Phi) is 9.32. The highest BCUT2D eigenvalue weighted by molar-refractivity contribution is 7.99. The van der Waals surface area contributed by atoms with E-state index in [1.54, 1.807) is 18.2 Å². The Balaban J connectivity index is 1.23. The molecule has 4 rings (SSSR count). The van der Waals surface area contributed by atoms with E-state index in [1.807, 2.05) is 30.0 Å². The van der Waals surface area contributed by atoms with Crippen LogP contribution >= 0.6 is 23.4 Å². The average molecular weight is 542 g/mol. The smallest absolute Gasteiger partial charge is 0.308 e. The van der Waals surface area contributed by atoms with E-state index in [4.69, 9.17) is 16.3 Å². The number of esters is 1. The Morgan fingerprint density at radius 2 is 1.84 bits per heavy atom. The van der Waals surface area contributed by atoms with Gasteiger partial charge in [0.15, 0.2) is 0 Å². The molecule has 1 saturated heterocycles. The van der Waals surface area contributed by atoms with Gasteiger partial charge in [0.05, 0.1) is 10.9 Å². The third-order valence-electron chi connectivity index (χ3n) is 6.49. The number of benzene rings is 3. The fraction of sp³-hybridized carbons (Fsp3) is 0.357. The number of phenolic OH excluding ortho intramolecular Hbond substituents is 1. The first kappa shape index (κ1) is 27.3. The van der Waals surface area contributed by atoms with Crippen molar-refractivity contribution in [2.45, 2.75) is 25.0 Å². The number of fused-ring (bicyclic) bond motifs is 1. The van der Waals surface area contributed by atoms with Gasteiger partial charge in [-0.2, -0.15) is 0 Å². The van der Waals surface area contributed by atoms with Crippen molar-refractivity contribution in [2.24, 2.45) is 0 Å². The highest BCUT2D eigenvalue weighted by Crippen LogP contribution is 2.31. The number of nitrogens with zero attached hydrogens (tertiary/aromatic N) is 2. The molecule has 1 unspecified atom stereocenters. The molecular formula is C28H32ClN3O4S. The SMILES string of the molecule is CC(=O)Oc1cccc2cc(C(=O)NCCN3CCN(C(C)SCc4ccc(Cl)cc4)CC3)c(O)cc12. The number of thioether (sulfide) groups is 1. The molecule has 1 aliphatic heterocycles. The van der Waals surface area contributed by atoms with E-state index in [0.717, 1.165) is 43.5 Å². The van der Waals surface area contributed by atoms with Crippen molar-refractivity contribution in [1.82, 2.24) is 15.1 Å². The van der Waals surface area contributed by atoms with E-state index in [0.29, 0.717) is 28.4 Å². The lowest BCUT2D eigenvalue weighted by Crippen LogP contribution is -2.50. The third kappa shape index (κ3) is 7.38. The maximum Gasteiger partial charge on any atom is 0.308 e. The molecule has 3 aromatic rings. The molecule has 196 valence electrons. The summed E-state index contributed by atoms with van der Waals surface area (Å²) in [4.78, 5) is 29.0. The first-order chi connectivity index (χ1) is 17.8. The molecule has 3 aromatic carbocycles. The fourth-order valence-electron chi connectivity index (χ4n) is 4.39. The van der Waals surface area contributed by atoms with Crippen LogP contribution < -0.4 is 10.1 Å². The summed E-state index contributed by atoms with van der Waals surface area (Å²) in [6.07, 6.45) is 0. The number of aromatic hydroxyl groups is 1. The predicted molar refractivity (Wildman–Crippen MR) is 149 cm³/mol. The molecule has 0 saturated carbocycles. The first-order valence-electron chi connectivity index (χ1n) is 12.3. The summed E-state index contributed by atoms with van der Waals surface area (Å²) in [5, 5.41) is 15.9. The molecule has 1 atom stereocenters. The zero-order valence-electron chi connectivity index (χ0n) is 21.1. The number of carbonyl (C=O) groups excluding carboxylic acids is 2. The lowest BCUT2D eigenvalue weighted by molar-refractivity contribution is -0.131. The summed E-state index contributed by atoms with van der Waals surface area (Å²) >= 11 is 7.90. The number of piperazine rings is 1. The molecule has 0 aromatic heterocycles. The number of amides is 1. The number of phenols is 1. The molecule has 0 spiro atoms. The number of hydrogen-bond donors (Lipinski definition) is 2. The Hall–Kier alpha value is -2.78. The lowest BCUT2D eigenvalue weighted by atomic mass is 10.0. The van der Waals surface area contributed by atoms with Crippen LogP contribution in [0.1, 0.15) is 29.8 Å². The number of ether oxygens (including phenoxy) is 1. The van der Waals surface area contributed by atoms with Crippen molar-refractivity contribution in [2.75, 3.05) is 39.3 Å². The predicted octanol–water partition coefficient (Wildman–Crippen LogP) is 4.75. The van der Waals surface area contributed by atoms with Crippen molar-refractivity contribution in [3.63, 3.8) is 0 Å². The zero-order chi connectivity index (χ0) is 26.4. The Labute approximate surface area is 226 Å². The molecule has 0 bridgehead atoms. The first-order valence-corrected chi connectivity index (χ1v) is 13.8. The van der Waals surface area contributed by atoms with Crippen LogP contribution in [0.5, 0.6) is 11.5 Å². The van der Waals surface area contributed by atoms with Gasteiger partial charge in [-0.3, -0.25) is 19.4 Å². The van der Waals surface area contributed by atoms with E-state index in [2.05, 4.69) is 34.2 Å². The molecule has 7 nitrogen and oxygen atoms in total. The van der Waals surface area contributed by atoms with Crippen LogP contribution in [0.15, 0.2) is 54.6 Å². The van der Waals surface area contributed by atoms with Crippen molar-refractivity contribution >= 4 is 46.0 Å². The normalized spacial score (nSPS) is 15.4. The topological polar surface area (TPSA) is 82.1 Å². The summed E-state index contributed by atoms with van der Waals surface area (Å²) in [7, 11) is 0. The summed E-state index contributed by atoms with van der Waals surface area (Å²) < 4.78 is 5.21. The van der Waals surface area contributed by atoms with Gasteiger partial charge in [0.1, 0.15) is 11.5 Å². The van der Waals surface area contributed by atoms with Gasteiger partial charge < -0.3 is 15.2 Å². The average Bonchev–Trinajstić information content (AvgIpc) is 2.88. The number of nitrogens with one attached hydrogen (secondary N) is 1. The van der Waals surface area contributed by atoms with Crippen LogP contribution in [0.2, 0.25) is 5.02 Å². The molecule has 1 heterocycles. The van der Waals surface area contributed by atoms with E-state index < -0.39 is 5.97 Å². The van der Waals surface area contributed by atoms with Gasteiger partial charge in [0.25, 0.3) is 5.91 Å². The van der Waals surface area contributed by atoms with Crippen molar-refractivity contribution in [3.8, 4) is 11.5 Å². The molecule has 9 heteroatoms. The van der Waals surface area contributed by atoms with Crippen LogP contribution in [0.25, 0.3) is 10.8 Å². The van der Waals surface area contributed by atoms with Crippen LogP contribution in [0.3, 0.4) is 0 Å². The largest absolute Gasteiger partial charge is 0.507 e. The van der Waals surface area contributed by atoms with Gasteiger partial charge >= 0.3 is 5.97 Å². The van der Waals surface area contributed by atoms with Gasteiger partial charge in [0, 0.05) is 62.4 Å². The molecular weight excluding hydrogens is 510 g/mol. The van der Waals surface area contributed by atoms with Gasteiger partial charge in [0.2, 0.25) is 0 Å². The Morgan fingerprint density at radius 1 is 1.11 bits per heavy atom. The second kappa shape index (κ2) is 12.6. The van der Waals surface area contributed by atoms with Gasteiger partial charge in [-0.05, 0) is 48.2 Å². The minimum Gasteiger partial charge on any atom is -0.507 e. The second-order valence-electron chi connectivity index (χ2n) is 9.11. The zero-order valence-corrected chi connectivity index (χ0v) is 22.6. The molecule has 1 amide bonds. The lowest BCUT2D eigenvalue weighted by Gasteiger charge is -2.37. The van der Waals surface area contributed by atoms with Crippen LogP contribution in [-0.4, -0.2) is 71.4 Å². The molecule has 0 radical (unpaired) electrons. The monoisotopic (exact) mass is 541 g/mol. The van der Waals surface area contributed by atoms with Gasteiger partial charge in [-0.25, -0.2) is 0 Å². The van der Waals surface area contributed by atoms with E-state index in [9.17, 15) is 14.7 Å². The number of carbonyl (C=O) groups is 2. The summed E-state index contributed by atoms with van der Waals surface area (Å²) in [5.41, 5.74) is 1.47. The summed E-state index contributed by atoms with van der Waals surface area (Å²) in [6.45, 7) is 8.67. The van der Waals surface area contributed by atoms with Crippen LogP contribution in [-0.2, 0) is 10.5 Å². The molecule has 1 aliphatic rings. The van der Waals surface area contributed by atoms with Crippen molar-refractivity contribution in [3.05, 3.63) is 70.7 Å². The molecule has 1 fully saturated rings. The second-order valence-corrected chi connectivity index (χ2v) is 10.9. The van der Waals surface area contributed by atoms with E-state index >= 15 is 0 Å². The molecule has 0 aliphatic carbocycles. The van der Waals surface area contributed by atoms with E-state index in [-0.39, 0.29) is 17.2 Å². The van der Waals surface area contributed by atoms with Gasteiger partial charge in [-0.15, -0.1) is 11.8 Å². The third-order valence-corrected chi connectivity index (χ3v) is 8.03. The standard InChI is InChI=1S/C28H32ClN3O4S/c1-19(37-18-21-6-8-23(29)9-7-21)32-14-12-31(13-15-32)11-10-30-28(35)25-16-22-4-3-5-27(36-20(2)33)24(22)17-26(25)34/h3-9,16-17,19,34H,10-15,18H2,1-2H3,(H,30,35). The van der Waals surface area contributed by atoms with Crippen molar-refractivity contribution in [1.29, 1.82) is 0 Å². The Bertz CT molecular complexity index is 1250. The highest BCUT2D eigenvalue weighted by atomic mass is 35.5. The maximum absolute atomic E-state index is 12.8. The van der Waals surface area contributed by atoms with Crippen LogP contribution in [0.4, 0.5) is 0 Å². The molecule has 2 N–H and O–H groups in total. The number of rotatable bonds is 9. The number of hydrogen-bond acceptors (Lipinski definition) is 7. The summed E-state index contributed by atoms with van der Waals surface area (Å²) in [5.74, 6) is 0.383. The highest BCUT2D eigenvalue weighted by Gasteiger charge is 2.21. The molecule has 37 heavy (non-hydrogen) atoms. The van der Waals surface area contributed by atoms with Gasteiger partial charge in [-0.1, -0.05) is 35.9 Å². The number of halogens is 1. The minimum absolute atomic E-state index is 0.150. The quantitative estimate of drug-likeness (QED) is 0.299. The minimum atomic E-state index is -0.444. The van der Waals surface area contributed by atoms with E-state index in [1.165, 1.54) is 18.6 Å². The summed E-state index contributed by atoms with van der Waals surface area (Å²) in [6, 6.07) is 16.3. The van der Waals surface area contributed by atoms with Crippen LogP contribution in [0, 0.1) is 0 Å². The Morgan fingerprint density at radius 3 is 2.54 bits per heavy atom. The van der Waals surface area contributed by atoms with Crippen molar-refractivity contribution < 1.29 is 19.4 Å². The fourth-order valence-corrected chi connectivity index (χ4v) is 5.56.